The normalized spacial score (nSPS) is 12.3. The molecule has 214 valence electrons. The number of aromatic nitrogens is 2. The highest BCUT2D eigenvalue weighted by molar-refractivity contribution is 5.84. The Hall–Kier alpha value is -4.12. The first-order valence-electron chi connectivity index (χ1n) is 15.5. The van der Waals surface area contributed by atoms with Crippen molar-refractivity contribution in [1.29, 1.82) is 0 Å². The molecule has 1 unspecified atom stereocenters. The van der Waals surface area contributed by atoms with Crippen LogP contribution in [0.15, 0.2) is 115 Å². The number of benzene rings is 4. The minimum absolute atomic E-state index is 0.573. The van der Waals surface area contributed by atoms with Gasteiger partial charge in [-0.25, -0.2) is 0 Å². The topological polar surface area (TPSA) is 55.6 Å². The van der Waals surface area contributed by atoms with Gasteiger partial charge in [-0.1, -0.05) is 97.1 Å². The van der Waals surface area contributed by atoms with Crippen LogP contribution < -0.4 is 10.6 Å². The van der Waals surface area contributed by atoms with Crippen LogP contribution in [0.5, 0.6) is 0 Å². The molecule has 0 radical (unpaired) electrons. The molecule has 0 aliphatic carbocycles. The van der Waals surface area contributed by atoms with E-state index in [1.807, 2.05) is 0 Å². The fourth-order valence-corrected chi connectivity index (χ4v) is 6.16. The summed E-state index contributed by atoms with van der Waals surface area (Å²) < 4.78 is 0. The van der Waals surface area contributed by atoms with Gasteiger partial charge in [0.25, 0.3) is 0 Å². The molecule has 0 aliphatic heterocycles. The molecule has 0 spiro atoms. The van der Waals surface area contributed by atoms with Crippen LogP contribution in [-0.4, -0.2) is 23.1 Å². The summed E-state index contributed by atoms with van der Waals surface area (Å²) in [7, 11) is 0. The number of aryl methyl sites for hydroxylation is 1. The van der Waals surface area contributed by atoms with Gasteiger partial charge < -0.3 is 20.6 Å². The molecule has 4 nitrogen and oxygen atoms in total. The van der Waals surface area contributed by atoms with Crippen molar-refractivity contribution in [3.63, 3.8) is 0 Å². The van der Waals surface area contributed by atoms with Crippen molar-refractivity contribution in [2.75, 3.05) is 13.1 Å². The molecule has 0 saturated carbocycles. The molecule has 0 fully saturated rings. The maximum absolute atomic E-state index is 3.83. The molecular weight excluding hydrogens is 512 g/mol. The Morgan fingerprint density at radius 2 is 1.21 bits per heavy atom. The molecule has 4 aromatic carbocycles. The Kier molecular flexibility index (Phi) is 9.46. The van der Waals surface area contributed by atoms with E-state index in [1.165, 1.54) is 49.9 Å². The first-order chi connectivity index (χ1) is 20.8. The van der Waals surface area contributed by atoms with Crippen LogP contribution in [0.25, 0.3) is 21.8 Å². The Bertz CT molecular complexity index is 1630. The van der Waals surface area contributed by atoms with E-state index < -0.39 is 0 Å². The first kappa shape index (κ1) is 28.0. The van der Waals surface area contributed by atoms with Gasteiger partial charge in [0.1, 0.15) is 0 Å². The van der Waals surface area contributed by atoms with E-state index in [1.54, 1.807) is 0 Å². The monoisotopic (exact) mass is 554 g/mol. The van der Waals surface area contributed by atoms with E-state index in [0.29, 0.717) is 5.92 Å². The molecule has 2 heterocycles. The number of hydrogen-bond donors (Lipinski definition) is 4. The number of hydrogen-bond acceptors (Lipinski definition) is 2. The van der Waals surface area contributed by atoms with Crippen molar-refractivity contribution in [3.05, 3.63) is 143 Å². The van der Waals surface area contributed by atoms with Crippen LogP contribution in [0.4, 0.5) is 0 Å². The number of para-hydroxylation sites is 2. The fourth-order valence-electron chi connectivity index (χ4n) is 6.16. The van der Waals surface area contributed by atoms with Gasteiger partial charge in [-0.05, 0) is 91.4 Å². The van der Waals surface area contributed by atoms with Gasteiger partial charge in [-0.15, -0.1) is 0 Å². The van der Waals surface area contributed by atoms with E-state index in [0.717, 1.165) is 58.3 Å². The summed E-state index contributed by atoms with van der Waals surface area (Å²) in [6, 6.07) is 41.1. The first-order valence-corrected chi connectivity index (χ1v) is 15.5. The van der Waals surface area contributed by atoms with Crippen molar-refractivity contribution in [1.82, 2.24) is 20.6 Å². The van der Waals surface area contributed by atoms with Gasteiger partial charge in [-0.3, -0.25) is 0 Å². The lowest BCUT2D eigenvalue weighted by atomic mass is 9.91. The van der Waals surface area contributed by atoms with Crippen molar-refractivity contribution < 1.29 is 0 Å². The Morgan fingerprint density at radius 1 is 0.571 bits per heavy atom. The maximum atomic E-state index is 3.83. The van der Waals surface area contributed by atoms with Crippen molar-refractivity contribution in [2.45, 2.75) is 45.2 Å². The minimum Gasteiger partial charge on any atom is -0.358 e. The highest BCUT2D eigenvalue weighted by Gasteiger charge is 2.17. The lowest BCUT2D eigenvalue weighted by molar-refractivity contribution is 0.427. The smallest absolute Gasteiger partial charge is 0.0458 e. The number of aromatic amines is 2. The predicted molar refractivity (Wildman–Crippen MR) is 177 cm³/mol. The van der Waals surface area contributed by atoms with E-state index in [9.17, 15) is 0 Å². The summed E-state index contributed by atoms with van der Waals surface area (Å²) in [5.41, 5.74) is 9.36. The molecule has 42 heavy (non-hydrogen) atoms. The van der Waals surface area contributed by atoms with Crippen LogP contribution in [0, 0.1) is 5.92 Å². The molecule has 2 aromatic heterocycles. The van der Waals surface area contributed by atoms with Gasteiger partial charge in [0.15, 0.2) is 0 Å². The predicted octanol–water partition coefficient (Wildman–Crippen LogP) is 7.95. The quantitative estimate of drug-likeness (QED) is 0.0974. The molecular formula is C38H42N4. The lowest BCUT2D eigenvalue weighted by Crippen LogP contribution is -2.20. The third-order valence-corrected chi connectivity index (χ3v) is 8.43. The third kappa shape index (κ3) is 7.39. The maximum Gasteiger partial charge on any atom is 0.0458 e. The highest BCUT2D eigenvalue weighted by atomic mass is 14.9. The summed E-state index contributed by atoms with van der Waals surface area (Å²) in [6.07, 6.45) is 5.45. The van der Waals surface area contributed by atoms with Crippen molar-refractivity contribution >= 4 is 21.8 Å². The van der Waals surface area contributed by atoms with Crippen LogP contribution >= 0.6 is 0 Å². The third-order valence-electron chi connectivity index (χ3n) is 8.43. The van der Waals surface area contributed by atoms with E-state index in [2.05, 4.69) is 136 Å². The fraction of sp³-hybridized carbons (Fsp3) is 0.263. The van der Waals surface area contributed by atoms with Gasteiger partial charge >= 0.3 is 0 Å². The standard InChI is InChI=1S/C38H42N4/c1-3-11-30(12-4-1)27-39-23-21-29(19-20-33-26-32-15-7-9-17-36(32)41-33)25-38-35(34-16-8-10-18-37(34)42-38)22-24-40-28-31-13-5-2-6-14-31/h1-18,26,29,39-42H,19-25,27-28H2. The van der Waals surface area contributed by atoms with E-state index >= 15 is 0 Å². The van der Waals surface area contributed by atoms with Gasteiger partial charge in [-0.2, -0.15) is 0 Å². The largest absolute Gasteiger partial charge is 0.358 e. The summed E-state index contributed by atoms with van der Waals surface area (Å²) in [6.45, 7) is 3.79. The van der Waals surface area contributed by atoms with Gasteiger partial charge in [0.2, 0.25) is 0 Å². The molecule has 4 heteroatoms. The molecule has 6 rings (SSSR count). The second-order valence-electron chi connectivity index (χ2n) is 11.5. The van der Waals surface area contributed by atoms with Crippen LogP contribution in [0.3, 0.4) is 0 Å². The van der Waals surface area contributed by atoms with E-state index in [-0.39, 0.29) is 0 Å². The van der Waals surface area contributed by atoms with Gasteiger partial charge in [0, 0.05) is 40.9 Å². The van der Waals surface area contributed by atoms with Crippen molar-refractivity contribution in [2.24, 2.45) is 5.92 Å². The molecule has 0 aliphatic rings. The van der Waals surface area contributed by atoms with E-state index in [4.69, 9.17) is 0 Å². The second kappa shape index (κ2) is 14.2. The number of H-pyrrole nitrogens is 2. The number of fused-ring (bicyclic) bond motifs is 2. The summed E-state index contributed by atoms with van der Waals surface area (Å²) >= 11 is 0. The van der Waals surface area contributed by atoms with Crippen LogP contribution in [-0.2, 0) is 32.4 Å². The molecule has 6 aromatic rings. The second-order valence-corrected chi connectivity index (χ2v) is 11.5. The van der Waals surface area contributed by atoms with Crippen LogP contribution in [0.2, 0.25) is 0 Å². The van der Waals surface area contributed by atoms with Gasteiger partial charge in [0.05, 0.1) is 0 Å². The average Bonchev–Trinajstić information content (AvgIpc) is 3.61. The summed E-state index contributed by atoms with van der Waals surface area (Å²) in [4.78, 5) is 7.49. The molecule has 1 atom stereocenters. The Morgan fingerprint density at radius 3 is 1.95 bits per heavy atom. The molecule has 0 bridgehead atoms. The Labute approximate surface area is 249 Å². The minimum atomic E-state index is 0.573. The SMILES string of the molecule is c1ccc(CNCCc2c(CC(CCNCc3ccccc3)CCc3cc4ccccc4[nH]3)[nH]c3ccccc23)cc1. The Balaban J connectivity index is 1.15. The molecule has 0 amide bonds. The highest BCUT2D eigenvalue weighted by Crippen LogP contribution is 2.28. The average molecular weight is 555 g/mol. The van der Waals surface area contributed by atoms with Crippen molar-refractivity contribution in [3.8, 4) is 0 Å². The molecule has 0 saturated heterocycles. The number of nitrogens with one attached hydrogen (secondary N) is 4. The zero-order valence-electron chi connectivity index (χ0n) is 24.4. The summed E-state index contributed by atoms with van der Waals surface area (Å²) in [5, 5.41) is 10.0. The molecule has 4 N–H and O–H groups in total. The summed E-state index contributed by atoms with van der Waals surface area (Å²) in [5.74, 6) is 0.573. The van der Waals surface area contributed by atoms with Crippen LogP contribution in [0.1, 0.15) is 40.9 Å². The zero-order valence-corrected chi connectivity index (χ0v) is 24.4. The number of rotatable bonds is 15. The lowest BCUT2D eigenvalue weighted by Gasteiger charge is -2.18. The zero-order chi connectivity index (χ0) is 28.4.